The molecule has 0 bridgehead atoms. The number of sulfonamides is 1. The van der Waals surface area contributed by atoms with Gasteiger partial charge in [0, 0.05) is 61.4 Å². The molecule has 13 heteroatoms. The zero-order chi connectivity index (χ0) is 29.6. The Labute approximate surface area is 243 Å². The molecule has 1 aliphatic heterocycles. The van der Waals surface area contributed by atoms with E-state index in [1.54, 1.807) is 48.8 Å². The summed E-state index contributed by atoms with van der Waals surface area (Å²) in [6.45, 7) is 2.71. The first-order valence-corrected chi connectivity index (χ1v) is 16.2. The van der Waals surface area contributed by atoms with Gasteiger partial charge in [-0.15, -0.1) is 0 Å². The van der Waals surface area contributed by atoms with Gasteiger partial charge >= 0.3 is 0 Å². The number of pyridine rings is 3. The zero-order valence-corrected chi connectivity index (χ0v) is 24.6. The quantitative estimate of drug-likeness (QED) is 0.296. The van der Waals surface area contributed by atoms with Gasteiger partial charge in [-0.05, 0) is 56.2 Å². The van der Waals surface area contributed by atoms with Crippen LogP contribution in [0.25, 0.3) is 22.0 Å². The Morgan fingerprint density at radius 1 is 0.857 bits per heavy atom. The minimum absolute atomic E-state index is 0.000293. The van der Waals surface area contributed by atoms with Gasteiger partial charge in [0.15, 0.2) is 0 Å². The highest BCUT2D eigenvalue weighted by molar-refractivity contribution is 7.90. The summed E-state index contributed by atoms with van der Waals surface area (Å²) in [7, 11) is -6.43. The van der Waals surface area contributed by atoms with Gasteiger partial charge in [0.05, 0.1) is 4.90 Å². The summed E-state index contributed by atoms with van der Waals surface area (Å²) in [6.07, 6.45) is 7.37. The lowest BCUT2D eigenvalue weighted by Crippen LogP contribution is -2.28. The molecule has 216 valence electrons. The summed E-state index contributed by atoms with van der Waals surface area (Å²) in [5, 5.41) is 3.47. The fraction of sp³-hybridized carbons (Fsp3) is 0.207. The Kier molecular flexibility index (Phi) is 6.95. The van der Waals surface area contributed by atoms with E-state index in [0.29, 0.717) is 41.2 Å². The van der Waals surface area contributed by atoms with E-state index in [9.17, 15) is 21.6 Å². The molecule has 0 saturated carbocycles. The first kappa shape index (κ1) is 27.8. The van der Waals surface area contributed by atoms with Crippen LogP contribution >= 0.6 is 0 Å². The van der Waals surface area contributed by atoms with E-state index >= 15 is 0 Å². The highest BCUT2D eigenvalue weighted by Gasteiger charge is 2.30. The van der Waals surface area contributed by atoms with Crippen molar-refractivity contribution in [2.45, 2.75) is 29.6 Å². The number of aromatic nitrogens is 4. The summed E-state index contributed by atoms with van der Waals surface area (Å²) in [5.74, 6) is 0.769. The smallest absolute Gasteiger partial charge is 0.275 e. The van der Waals surface area contributed by atoms with Crippen LogP contribution in [0.3, 0.4) is 0 Å². The highest BCUT2D eigenvalue weighted by Crippen LogP contribution is 2.36. The summed E-state index contributed by atoms with van der Waals surface area (Å²) in [4.78, 5) is 22.3. The van der Waals surface area contributed by atoms with Gasteiger partial charge in [-0.25, -0.2) is 30.8 Å². The Hall–Kier alpha value is -4.33. The summed E-state index contributed by atoms with van der Waals surface area (Å²) in [6, 6.07) is 14.7. The Balaban J connectivity index is 1.59. The number of benzene rings is 1. The van der Waals surface area contributed by atoms with Crippen LogP contribution in [0.5, 0.6) is 0 Å². The fourth-order valence-corrected chi connectivity index (χ4v) is 7.93. The molecule has 1 aliphatic rings. The van der Waals surface area contributed by atoms with Crippen molar-refractivity contribution < 1.29 is 16.8 Å². The number of nitrogens with one attached hydrogen (secondary N) is 1. The van der Waals surface area contributed by atoms with Crippen molar-refractivity contribution in [3.63, 3.8) is 0 Å². The number of aryl methyl sites for hydroxylation is 2. The highest BCUT2D eigenvalue weighted by atomic mass is 32.2. The van der Waals surface area contributed by atoms with E-state index in [2.05, 4.69) is 15.3 Å². The molecule has 0 spiro atoms. The van der Waals surface area contributed by atoms with Crippen LogP contribution in [0.4, 0.5) is 11.6 Å². The van der Waals surface area contributed by atoms with Crippen molar-refractivity contribution >= 4 is 42.6 Å². The molecule has 5 heterocycles. The second-order valence-corrected chi connectivity index (χ2v) is 13.9. The molecule has 6 rings (SSSR count). The molecule has 4 aromatic heterocycles. The lowest BCUT2D eigenvalue weighted by atomic mass is 10.0. The lowest BCUT2D eigenvalue weighted by Gasteiger charge is -2.18. The number of hydrogen-bond acceptors (Lipinski definition) is 8. The maximum absolute atomic E-state index is 13.7. The first-order chi connectivity index (χ1) is 20.1. The molecule has 1 saturated heterocycles. The maximum atomic E-state index is 13.7. The molecule has 0 atom stereocenters. The predicted octanol–water partition coefficient (Wildman–Crippen LogP) is 3.87. The minimum atomic E-state index is -4.12. The fourth-order valence-electron chi connectivity index (χ4n) is 5.10. The standard InChI is InChI=1S/C29H28N6O5S2/c1-20-8-10-21(11-9-20)42(39,40)35-16-12-23-25(19-33(2)29(36)27(23)35)24-17-22(41(37,38)34-14-5-6-15-34)18-31-28(24)32-26-7-3-4-13-30-26/h3-4,7-13,16-19H,5-6,14-15H2,1-2H3,(H,30,31,32). The molecule has 0 radical (unpaired) electrons. The molecule has 1 aromatic carbocycles. The van der Waals surface area contributed by atoms with Gasteiger partial charge in [0.25, 0.3) is 15.6 Å². The van der Waals surface area contributed by atoms with Crippen LogP contribution in [-0.2, 0) is 27.1 Å². The number of rotatable bonds is 7. The summed E-state index contributed by atoms with van der Waals surface area (Å²) >= 11 is 0. The van der Waals surface area contributed by atoms with Crippen molar-refractivity contribution in [3.05, 3.63) is 95.3 Å². The van der Waals surface area contributed by atoms with Gasteiger partial charge in [0.1, 0.15) is 22.0 Å². The molecule has 0 aliphatic carbocycles. The number of hydrogen-bond donors (Lipinski definition) is 1. The molecular weight excluding hydrogens is 576 g/mol. The van der Waals surface area contributed by atoms with E-state index in [0.717, 1.165) is 22.4 Å². The third kappa shape index (κ3) is 4.78. The van der Waals surface area contributed by atoms with Crippen LogP contribution < -0.4 is 10.9 Å². The van der Waals surface area contributed by atoms with Crippen LogP contribution in [0.15, 0.2) is 94.0 Å². The van der Waals surface area contributed by atoms with Crippen LogP contribution in [-0.4, -0.2) is 52.7 Å². The Morgan fingerprint density at radius 2 is 1.60 bits per heavy atom. The van der Waals surface area contributed by atoms with Crippen LogP contribution in [0.2, 0.25) is 0 Å². The summed E-state index contributed by atoms with van der Waals surface area (Å²) < 4.78 is 58.0. The third-order valence-electron chi connectivity index (χ3n) is 7.33. The van der Waals surface area contributed by atoms with E-state index in [-0.39, 0.29) is 15.3 Å². The monoisotopic (exact) mass is 604 g/mol. The largest absolute Gasteiger partial charge is 0.324 e. The zero-order valence-electron chi connectivity index (χ0n) is 22.9. The van der Waals surface area contributed by atoms with E-state index in [1.165, 1.54) is 46.5 Å². The first-order valence-electron chi connectivity index (χ1n) is 13.3. The van der Waals surface area contributed by atoms with E-state index < -0.39 is 25.6 Å². The number of fused-ring (bicyclic) bond motifs is 1. The molecule has 1 fully saturated rings. The second-order valence-electron chi connectivity index (χ2n) is 10.2. The Morgan fingerprint density at radius 3 is 2.29 bits per heavy atom. The average molecular weight is 605 g/mol. The third-order valence-corrected chi connectivity index (χ3v) is 10.9. The van der Waals surface area contributed by atoms with E-state index in [4.69, 9.17) is 0 Å². The topological polar surface area (TPSA) is 136 Å². The number of nitrogens with zero attached hydrogens (tertiary/aromatic N) is 5. The van der Waals surface area contributed by atoms with Crippen molar-refractivity contribution in [2.24, 2.45) is 7.05 Å². The van der Waals surface area contributed by atoms with Crippen LogP contribution in [0, 0.1) is 6.92 Å². The average Bonchev–Trinajstić information content (AvgIpc) is 3.68. The van der Waals surface area contributed by atoms with Crippen molar-refractivity contribution in [2.75, 3.05) is 18.4 Å². The van der Waals surface area contributed by atoms with Gasteiger partial charge in [-0.3, -0.25) is 4.79 Å². The Bertz CT molecular complexity index is 2080. The minimum Gasteiger partial charge on any atom is -0.324 e. The second kappa shape index (κ2) is 10.5. The maximum Gasteiger partial charge on any atom is 0.275 e. The van der Waals surface area contributed by atoms with Gasteiger partial charge in [-0.2, -0.15) is 4.31 Å². The molecular formula is C29H28N6O5S2. The lowest BCUT2D eigenvalue weighted by molar-refractivity contribution is 0.477. The van der Waals surface area contributed by atoms with Crippen molar-refractivity contribution in [3.8, 4) is 11.1 Å². The molecule has 0 amide bonds. The molecule has 1 N–H and O–H groups in total. The van der Waals surface area contributed by atoms with Gasteiger partial charge in [-0.1, -0.05) is 23.8 Å². The van der Waals surface area contributed by atoms with Gasteiger partial charge in [0.2, 0.25) is 10.0 Å². The molecule has 5 aromatic rings. The van der Waals surface area contributed by atoms with E-state index in [1.807, 2.05) is 6.92 Å². The van der Waals surface area contributed by atoms with Crippen molar-refractivity contribution in [1.82, 2.24) is 22.8 Å². The summed E-state index contributed by atoms with van der Waals surface area (Å²) in [5.41, 5.74) is 1.10. The molecule has 0 unspecified atom stereocenters. The van der Waals surface area contributed by atoms with Crippen LogP contribution in [0.1, 0.15) is 18.4 Å². The van der Waals surface area contributed by atoms with Gasteiger partial charge < -0.3 is 9.88 Å². The SMILES string of the molecule is Cc1ccc(S(=O)(=O)n2ccc3c(-c4cc(S(=O)(=O)N5CCCC5)cnc4Nc4ccccn4)cn(C)c(=O)c32)cc1. The number of anilines is 2. The molecule has 11 nitrogen and oxygen atoms in total. The predicted molar refractivity (Wildman–Crippen MR) is 160 cm³/mol. The molecule has 42 heavy (non-hydrogen) atoms. The normalized spacial score (nSPS) is 14.4. The van der Waals surface area contributed by atoms with Crippen molar-refractivity contribution in [1.29, 1.82) is 0 Å².